The number of rotatable bonds is 3. The van der Waals surface area contributed by atoms with Gasteiger partial charge in [-0.1, -0.05) is 47.8 Å². The average Bonchev–Trinajstić information content (AvgIpc) is 2.15. The van der Waals surface area contributed by atoms with Crippen molar-refractivity contribution >= 4 is 53.7 Å². The topological polar surface area (TPSA) is 20.3 Å². The maximum absolute atomic E-state index is 11.9. The van der Waals surface area contributed by atoms with E-state index in [9.17, 15) is 4.79 Å². The molecule has 0 aliphatic heterocycles. The van der Waals surface area contributed by atoms with Gasteiger partial charge < -0.3 is 4.90 Å². The van der Waals surface area contributed by atoms with E-state index in [1.54, 1.807) is 11.9 Å². The Kier molecular flexibility index (Phi) is 5.29. The van der Waals surface area contributed by atoms with Gasteiger partial charge in [0.25, 0.3) is 5.91 Å². The Morgan fingerprint density at radius 1 is 1.27 bits per heavy atom. The summed E-state index contributed by atoms with van der Waals surface area (Å²) in [5.41, 5.74) is 0.680. The van der Waals surface area contributed by atoms with Crippen molar-refractivity contribution in [2.75, 3.05) is 18.9 Å². The Morgan fingerprint density at radius 2 is 1.80 bits per heavy atom. The zero-order valence-corrected chi connectivity index (χ0v) is 12.9. The van der Waals surface area contributed by atoms with Crippen LogP contribution in [0.25, 0.3) is 0 Å². The second kappa shape index (κ2) is 6.01. The highest BCUT2D eigenvalue weighted by molar-refractivity contribution is 9.11. The molecule has 0 radical (unpaired) electrons. The minimum absolute atomic E-state index is 0.0245. The zero-order valence-electron chi connectivity index (χ0n) is 8.14. The molecule has 0 unspecified atom stereocenters. The van der Waals surface area contributed by atoms with Gasteiger partial charge in [0.05, 0.1) is 0 Å². The predicted molar refractivity (Wildman–Crippen MR) is 72.6 cm³/mol. The van der Waals surface area contributed by atoms with Crippen molar-refractivity contribution < 1.29 is 4.79 Å². The first-order valence-electron chi connectivity index (χ1n) is 4.32. The monoisotopic (exact) mass is 397 g/mol. The summed E-state index contributed by atoms with van der Waals surface area (Å²) in [5, 5.41) is 0.782. The van der Waals surface area contributed by atoms with E-state index in [1.807, 2.05) is 18.2 Å². The maximum atomic E-state index is 11.9. The van der Waals surface area contributed by atoms with E-state index in [0.29, 0.717) is 12.1 Å². The predicted octanol–water partition coefficient (Wildman–Crippen LogP) is 3.68. The molecule has 0 bridgehead atoms. The highest BCUT2D eigenvalue weighted by Crippen LogP contribution is 2.20. The lowest BCUT2D eigenvalue weighted by atomic mass is 10.2. The van der Waals surface area contributed by atoms with Gasteiger partial charge in [0.2, 0.25) is 0 Å². The number of halogens is 3. The molecule has 1 aromatic rings. The molecule has 0 saturated heterocycles. The van der Waals surface area contributed by atoms with E-state index in [4.69, 9.17) is 0 Å². The normalized spacial score (nSPS) is 10.1. The minimum atomic E-state index is 0.0245. The Bertz CT molecular complexity index is 347. The highest BCUT2D eigenvalue weighted by atomic mass is 79.9. The van der Waals surface area contributed by atoms with Crippen molar-refractivity contribution in [3.8, 4) is 0 Å². The second-order valence-electron chi connectivity index (χ2n) is 3.07. The molecule has 2 nitrogen and oxygen atoms in total. The highest BCUT2D eigenvalue weighted by Gasteiger charge is 2.11. The lowest BCUT2D eigenvalue weighted by Crippen LogP contribution is -2.28. The van der Waals surface area contributed by atoms with Gasteiger partial charge in [-0.25, -0.2) is 0 Å². The molecule has 0 aromatic heterocycles. The molecule has 15 heavy (non-hydrogen) atoms. The maximum Gasteiger partial charge on any atom is 0.253 e. The Morgan fingerprint density at radius 3 is 2.27 bits per heavy atom. The van der Waals surface area contributed by atoms with Crippen molar-refractivity contribution in [3.05, 3.63) is 32.7 Å². The number of nitrogens with zero attached hydrogens (tertiary/aromatic N) is 1. The minimum Gasteiger partial charge on any atom is -0.341 e. The van der Waals surface area contributed by atoms with E-state index < -0.39 is 0 Å². The largest absolute Gasteiger partial charge is 0.341 e. The fourth-order valence-electron chi connectivity index (χ4n) is 1.13. The standard InChI is InChI=1S/C10H10Br3NO/c1-14(3-2-11)10(15)7-4-8(12)6-9(13)5-7/h4-6H,2-3H2,1H3. The van der Waals surface area contributed by atoms with Gasteiger partial charge >= 0.3 is 0 Å². The zero-order chi connectivity index (χ0) is 11.4. The third kappa shape index (κ3) is 3.89. The van der Waals surface area contributed by atoms with Gasteiger partial charge in [0.15, 0.2) is 0 Å². The molecular formula is C10H10Br3NO. The Balaban J connectivity index is 2.90. The summed E-state index contributed by atoms with van der Waals surface area (Å²) >= 11 is 10.0. The third-order valence-electron chi connectivity index (χ3n) is 1.88. The average molecular weight is 400 g/mol. The first-order valence-corrected chi connectivity index (χ1v) is 7.03. The molecule has 1 rings (SSSR count). The summed E-state index contributed by atoms with van der Waals surface area (Å²) < 4.78 is 1.79. The summed E-state index contributed by atoms with van der Waals surface area (Å²) in [6.45, 7) is 0.697. The van der Waals surface area contributed by atoms with E-state index in [1.165, 1.54) is 0 Å². The first-order chi connectivity index (χ1) is 7.04. The molecule has 1 aromatic carbocycles. The summed E-state index contributed by atoms with van der Waals surface area (Å²) in [6, 6.07) is 5.54. The lowest BCUT2D eigenvalue weighted by molar-refractivity contribution is 0.0804. The second-order valence-corrected chi connectivity index (χ2v) is 5.70. The molecule has 0 N–H and O–H groups in total. The van der Waals surface area contributed by atoms with Gasteiger partial charge in [0, 0.05) is 33.4 Å². The molecule has 5 heteroatoms. The number of carbonyl (C=O) groups excluding carboxylic acids is 1. The van der Waals surface area contributed by atoms with Crippen LogP contribution >= 0.6 is 47.8 Å². The molecular weight excluding hydrogens is 390 g/mol. The summed E-state index contributed by atoms with van der Waals surface area (Å²) in [4.78, 5) is 13.6. The van der Waals surface area contributed by atoms with Gasteiger partial charge in [-0.3, -0.25) is 4.79 Å². The number of hydrogen-bond donors (Lipinski definition) is 0. The van der Waals surface area contributed by atoms with Crippen molar-refractivity contribution in [1.82, 2.24) is 4.90 Å². The van der Waals surface area contributed by atoms with Crippen LogP contribution in [0.4, 0.5) is 0 Å². The molecule has 0 heterocycles. The van der Waals surface area contributed by atoms with Crippen LogP contribution < -0.4 is 0 Å². The first kappa shape index (κ1) is 13.2. The SMILES string of the molecule is CN(CCBr)C(=O)c1cc(Br)cc(Br)c1. The number of hydrogen-bond acceptors (Lipinski definition) is 1. The number of alkyl halides is 1. The fraction of sp³-hybridized carbons (Fsp3) is 0.300. The van der Waals surface area contributed by atoms with Gasteiger partial charge in [-0.2, -0.15) is 0 Å². The molecule has 82 valence electrons. The van der Waals surface area contributed by atoms with Crippen LogP contribution in [0.15, 0.2) is 27.1 Å². The number of benzene rings is 1. The van der Waals surface area contributed by atoms with Crippen LogP contribution in [0.5, 0.6) is 0 Å². The summed E-state index contributed by atoms with van der Waals surface area (Å²) in [6.07, 6.45) is 0. The smallest absolute Gasteiger partial charge is 0.253 e. The Labute approximate surface area is 114 Å². The van der Waals surface area contributed by atoms with Gasteiger partial charge in [0.1, 0.15) is 0 Å². The molecule has 0 fully saturated rings. The van der Waals surface area contributed by atoms with Crippen molar-refractivity contribution in [2.45, 2.75) is 0 Å². The fourth-order valence-corrected chi connectivity index (χ4v) is 2.95. The van der Waals surface area contributed by atoms with E-state index >= 15 is 0 Å². The number of carbonyl (C=O) groups is 1. The molecule has 0 aliphatic carbocycles. The van der Waals surface area contributed by atoms with Crippen molar-refractivity contribution in [1.29, 1.82) is 0 Å². The molecule has 0 atom stereocenters. The van der Waals surface area contributed by atoms with E-state index in [2.05, 4.69) is 47.8 Å². The Hall–Kier alpha value is 0.130. The van der Waals surface area contributed by atoms with Crippen molar-refractivity contribution in [2.24, 2.45) is 0 Å². The van der Waals surface area contributed by atoms with Gasteiger partial charge in [-0.05, 0) is 18.2 Å². The molecule has 0 saturated carbocycles. The van der Waals surface area contributed by atoms with Crippen LogP contribution in [0.1, 0.15) is 10.4 Å². The quantitative estimate of drug-likeness (QED) is 0.710. The van der Waals surface area contributed by atoms with E-state index in [-0.39, 0.29) is 5.91 Å². The van der Waals surface area contributed by atoms with Crippen molar-refractivity contribution in [3.63, 3.8) is 0 Å². The third-order valence-corrected chi connectivity index (χ3v) is 3.15. The summed E-state index contributed by atoms with van der Waals surface area (Å²) in [7, 11) is 1.79. The summed E-state index contributed by atoms with van der Waals surface area (Å²) in [5.74, 6) is 0.0245. The van der Waals surface area contributed by atoms with Crippen LogP contribution in [-0.4, -0.2) is 29.7 Å². The van der Waals surface area contributed by atoms with Gasteiger partial charge in [-0.15, -0.1) is 0 Å². The van der Waals surface area contributed by atoms with E-state index in [0.717, 1.165) is 14.3 Å². The van der Waals surface area contributed by atoms with Crippen LogP contribution in [-0.2, 0) is 0 Å². The number of amides is 1. The molecule has 0 spiro atoms. The molecule has 0 aliphatic rings. The van der Waals surface area contributed by atoms with Crippen LogP contribution in [0.2, 0.25) is 0 Å². The van der Waals surface area contributed by atoms with Crippen LogP contribution in [0, 0.1) is 0 Å². The van der Waals surface area contributed by atoms with Crippen LogP contribution in [0.3, 0.4) is 0 Å². The lowest BCUT2D eigenvalue weighted by Gasteiger charge is -2.15. The molecule has 1 amide bonds.